The topological polar surface area (TPSA) is 109 Å². The maximum atomic E-state index is 12.1. The third kappa shape index (κ3) is 5.48. The van der Waals surface area contributed by atoms with Crippen molar-refractivity contribution in [3.8, 4) is 17.3 Å². The van der Waals surface area contributed by atoms with E-state index in [-0.39, 0.29) is 12.1 Å². The van der Waals surface area contributed by atoms with Gasteiger partial charge in [-0.15, -0.1) is 0 Å². The first-order valence-electron chi connectivity index (χ1n) is 12.0. The number of imidazole rings is 1. The minimum Gasteiger partial charge on any atom is -0.473 e. The molecule has 1 aliphatic carbocycles. The number of alkyl carbamates (subject to hydrolysis) is 1. The molecule has 0 bridgehead atoms. The van der Waals surface area contributed by atoms with Gasteiger partial charge >= 0.3 is 6.09 Å². The average Bonchev–Trinajstić information content (AvgIpc) is 3.46. The molecule has 0 radical (unpaired) electrons. The molecule has 0 spiro atoms. The van der Waals surface area contributed by atoms with E-state index in [4.69, 9.17) is 14.5 Å². The second-order valence-corrected chi connectivity index (χ2v) is 9.20. The molecule has 1 fully saturated rings. The molecule has 1 N–H and O–H groups in total. The summed E-state index contributed by atoms with van der Waals surface area (Å²) < 4.78 is 15.5. The van der Waals surface area contributed by atoms with Crippen LogP contribution in [0.3, 0.4) is 0 Å². The summed E-state index contributed by atoms with van der Waals surface area (Å²) in [6, 6.07) is 0.00834. The minimum absolute atomic E-state index is 0.00834. The molecule has 34 heavy (non-hydrogen) atoms. The van der Waals surface area contributed by atoms with Crippen molar-refractivity contribution in [1.29, 1.82) is 0 Å². The lowest BCUT2D eigenvalue weighted by molar-refractivity contribution is 0.0503. The van der Waals surface area contributed by atoms with Crippen molar-refractivity contribution in [2.24, 2.45) is 7.05 Å². The second-order valence-electron chi connectivity index (χ2n) is 9.20. The second kappa shape index (κ2) is 10.4. The smallest absolute Gasteiger partial charge is 0.407 e. The Kier molecular flexibility index (Phi) is 7.78. The number of nitrogens with one attached hydrogen (secondary N) is 1. The molecule has 2 atom stereocenters. The number of aromatic nitrogens is 6. The third-order valence-corrected chi connectivity index (χ3v) is 5.65. The molecule has 0 aromatic carbocycles. The van der Waals surface area contributed by atoms with Gasteiger partial charge in [0, 0.05) is 31.7 Å². The van der Waals surface area contributed by atoms with Gasteiger partial charge in [-0.3, -0.25) is 4.68 Å². The number of amides is 1. The minimum atomic E-state index is -0.520. The summed E-state index contributed by atoms with van der Waals surface area (Å²) in [6.07, 6.45) is 5.18. The fraction of sp³-hybridized carbons (Fsp3) is 0.625. The molecule has 3 heterocycles. The summed E-state index contributed by atoms with van der Waals surface area (Å²) in [7, 11) is 1.93. The van der Waals surface area contributed by atoms with Crippen LogP contribution in [-0.4, -0.2) is 53.1 Å². The highest BCUT2D eigenvalue weighted by Gasteiger charge is 2.30. The van der Waals surface area contributed by atoms with Gasteiger partial charge in [0.25, 0.3) is 0 Å². The lowest BCUT2D eigenvalue weighted by Crippen LogP contribution is -2.38. The van der Waals surface area contributed by atoms with E-state index in [2.05, 4.69) is 27.3 Å². The van der Waals surface area contributed by atoms with Crippen LogP contribution in [0, 0.1) is 6.92 Å². The van der Waals surface area contributed by atoms with Crippen molar-refractivity contribution in [3.63, 3.8) is 0 Å². The van der Waals surface area contributed by atoms with Crippen molar-refractivity contribution < 1.29 is 14.3 Å². The Bertz CT molecular complexity index is 1130. The Balaban J connectivity index is 0.00000158. The van der Waals surface area contributed by atoms with Crippen molar-refractivity contribution in [2.45, 2.75) is 92.0 Å². The number of nitrogens with zero attached hydrogens (tertiary/aromatic N) is 6. The molecular weight excluding hydrogens is 434 g/mol. The van der Waals surface area contributed by atoms with Crippen molar-refractivity contribution in [2.75, 3.05) is 0 Å². The molecule has 1 aliphatic rings. The van der Waals surface area contributed by atoms with Crippen LogP contribution < -0.4 is 10.1 Å². The molecule has 3 aromatic heterocycles. The van der Waals surface area contributed by atoms with Crippen LogP contribution in [0.25, 0.3) is 22.6 Å². The molecule has 0 aliphatic heterocycles. The van der Waals surface area contributed by atoms with Gasteiger partial charge in [-0.05, 0) is 47.5 Å². The van der Waals surface area contributed by atoms with Crippen molar-refractivity contribution >= 4 is 17.3 Å². The van der Waals surface area contributed by atoms with Crippen molar-refractivity contribution in [1.82, 2.24) is 34.6 Å². The van der Waals surface area contributed by atoms with E-state index in [1.165, 1.54) is 6.33 Å². The zero-order chi connectivity index (χ0) is 25.0. The fourth-order valence-electron chi connectivity index (χ4n) is 4.10. The fourth-order valence-corrected chi connectivity index (χ4v) is 4.10. The van der Waals surface area contributed by atoms with Gasteiger partial charge in [-0.1, -0.05) is 13.8 Å². The lowest BCUT2D eigenvalue weighted by atomic mass is 10.2. The number of ether oxygens (including phenoxy) is 2. The van der Waals surface area contributed by atoms with Gasteiger partial charge < -0.3 is 19.4 Å². The van der Waals surface area contributed by atoms with E-state index >= 15 is 0 Å². The summed E-state index contributed by atoms with van der Waals surface area (Å²) in [4.78, 5) is 25.6. The average molecular weight is 472 g/mol. The van der Waals surface area contributed by atoms with Gasteiger partial charge in [-0.25, -0.2) is 14.8 Å². The van der Waals surface area contributed by atoms with E-state index in [1.54, 1.807) is 0 Å². The van der Waals surface area contributed by atoms with Crippen molar-refractivity contribution in [3.05, 3.63) is 18.2 Å². The standard InChI is InChI=1S/C22H31N7O3.C2H6/c1-7-29-13(2)16(11-25-29)18-27-17-19(28(18)6)23-12-24-20(17)31-15-9-8-14(10-15)26-21(30)32-22(3,4)5;1-2/h11-12,14-15H,7-10H2,1-6H3,(H,26,30);1-2H3. The molecule has 2 unspecified atom stereocenters. The molecule has 4 rings (SSSR count). The van der Waals surface area contributed by atoms with E-state index in [9.17, 15) is 4.79 Å². The molecular formula is C24H37N7O3. The van der Waals surface area contributed by atoms with Crippen LogP contribution in [0.15, 0.2) is 12.5 Å². The van der Waals surface area contributed by atoms with Gasteiger partial charge in [-0.2, -0.15) is 10.1 Å². The van der Waals surface area contributed by atoms with E-state index in [1.807, 2.05) is 64.0 Å². The Morgan fingerprint density at radius 3 is 2.62 bits per heavy atom. The van der Waals surface area contributed by atoms with Gasteiger partial charge in [0.2, 0.25) is 5.88 Å². The molecule has 3 aromatic rings. The first-order valence-corrected chi connectivity index (χ1v) is 12.0. The molecule has 1 amide bonds. The summed E-state index contributed by atoms with van der Waals surface area (Å²) in [5.74, 6) is 1.23. The maximum Gasteiger partial charge on any atom is 0.407 e. The normalized spacial score (nSPS) is 17.9. The van der Waals surface area contributed by atoms with Crippen LogP contribution >= 0.6 is 0 Å². The number of fused-ring (bicyclic) bond motifs is 1. The van der Waals surface area contributed by atoms with E-state index < -0.39 is 11.7 Å². The zero-order valence-electron chi connectivity index (χ0n) is 21.5. The van der Waals surface area contributed by atoms with Crippen LogP contribution in [0.1, 0.15) is 66.5 Å². The van der Waals surface area contributed by atoms with Crippen LogP contribution in [0.4, 0.5) is 4.79 Å². The predicted molar refractivity (Wildman–Crippen MR) is 131 cm³/mol. The van der Waals surface area contributed by atoms with Crippen LogP contribution in [-0.2, 0) is 18.3 Å². The first kappa shape index (κ1) is 25.5. The highest BCUT2D eigenvalue weighted by molar-refractivity contribution is 5.81. The molecule has 186 valence electrons. The first-order chi connectivity index (χ1) is 16.2. The predicted octanol–water partition coefficient (Wildman–Crippen LogP) is 4.41. The van der Waals surface area contributed by atoms with E-state index in [0.29, 0.717) is 23.5 Å². The maximum absolute atomic E-state index is 12.1. The lowest BCUT2D eigenvalue weighted by Gasteiger charge is -2.21. The summed E-state index contributed by atoms with van der Waals surface area (Å²) in [5.41, 5.74) is 2.81. The van der Waals surface area contributed by atoms with Crippen LogP contribution in [0.2, 0.25) is 0 Å². The van der Waals surface area contributed by atoms with Gasteiger partial charge in [0.05, 0.1) is 11.8 Å². The molecule has 0 saturated heterocycles. The number of hydrogen-bond donors (Lipinski definition) is 1. The highest BCUT2D eigenvalue weighted by Crippen LogP contribution is 2.31. The highest BCUT2D eigenvalue weighted by atomic mass is 16.6. The number of carbonyl (C=O) groups excluding carboxylic acids is 1. The molecule has 1 saturated carbocycles. The SMILES string of the molecule is CC.CCn1ncc(-c2nc3c(OC4CCC(NC(=O)OC(C)(C)C)C4)ncnc3n2C)c1C. The number of rotatable bonds is 5. The Morgan fingerprint density at radius 2 is 1.97 bits per heavy atom. The van der Waals surface area contributed by atoms with Crippen LogP contribution in [0.5, 0.6) is 5.88 Å². The zero-order valence-corrected chi connectivity index (χ0v) is 21.5. The van der Waals surface area contributed by atoms with Gasteiger partial charge in [0.1, 0.15) is 23.9 Å². The quantitative estimate of drug-likeness (QED) is 0.587. The molecule has 10 nitrogen and oxygen atoms in total. The molecule has 10 heteroatoms. The summed E-state index contributed by atoms with van der Waals surface area (Å²) >= 11 is 0. The largest absolute Gasteiger partial charge is 0.473 e. The third-order valence-electron chi connectivity index (χ3n) is 5.65. The Labute approximate surface area is 201 Å². The number of carbonyl (C=O) groups is 1. The monoisotopic (exact) mass is 471 g/mol. The Hall–Kier alpha value is -3.17. The van der Waals surface area contributed by atoms with E-state index in [0.717, 1.165) is 36.5 Å². The Morgan fingerprint density at radius 1 is 1.24 bits per heavy atom. The summed E-state index contributed by atoms with van der Waals surface area (Å²) in [6.45, 7) is 14.4. The number of aryl methyl sites for hydroxylation is 2. The summed E-state index contributed by atoms with van der Waals surface area (Å²) in [5, 5.41) is 7.37. The number of hydrogen-bond acceptors (Lipinski definition) is 7. The van der Waals surface area contributed by atoms with Gasteiger partial charge in [0.15, 0.2) is 11.2 Å².